The van der Waals surface area contributed by atoms with Crippen molar-refractivity contribution in [2.24, 2.45) is 45.3 Å². The summed E-state index contributed by atoms with van der Waals surface area (Å²) in [5.41, 5.74) is 4.66. The predicted octanol–water partition coefficient (Wildman–Crippen LogP) is 14.0. The topological polar surface area (TPSA) is 183 Å². The smallest absolute Gasteiger partial charge is 1.00 e. The zero-order valence-corrected chi connectivity index (χ0v) is 69.3. The Bertz CT molecular complexity index is 1570. The third-order valence-corrected chi connectivity index (χ3v) is 15.1. The van der Waals surface area contributed by atoms with Gasteiger partial charge in [-0.1, -0.05) is 160 Å². The van der Waals surface area contributed by atoms with E-state index in [0.29, 0.717) is 49.9 Å². The van der Waals surface area contributed by atoms with Crippen molar-refractivity contribution < 1.29 is 75.7 Å². The van der Waals surface area contributed by atoms with Crippen LogP contribution in [0.15, 0.2) is 9.98 Å². The quantitative estimate of drug-likeness (QED) is 0.0755. The van der Waals surface area contributed by atoms with Gasteiger partial charge in [-0.05, 0) is 182 Å². The van der Waals surface area contributed by atoms with Crippen molar-refractivity contribution in [3.63, 3.8) is 0 Å². The first-order valence-corrected chi connectivity index (χ1v) is 46.4. The van der Waals surface area contributed by atoms with Crippen LogP contribution < -0.4 is 53.6 Å². The summed E-state index contributed by atoms with van der Waals surface area (Å²) < 4.78 is 21.9. The Kier molecular flexibility index (Phi) is 65.8. The Morgan fingerprint density at radius 3 is 1.11 bits per heavy atom. The summed E-state index contributed by atoms with van der Waals surface area (Å²) in [6.45, 7) is 39.8. The second-order valence-corrected chi connectivity index (χ2v) is 44.8. The van der Waals surface area contributed by atoms with Gasteiger partial charge in [0.15, 0.2) is 5.90 Å². The molecule has 13 nitrogen and oxygen atoms in total. The molecule has 0 aromatic carbocycles. The molecule has 0 aromatic heterocycles. The minimum atomic E-state index is -0.637. The van der Waals surface area contributed by atoms with Gasteiger partial charge < -0.3 is 71.3 Å². The van der Waals surface area contributed by atoms with Crippen molar-refractivity contribution in [2.75, 3.05) is 32.8 Å². The summed E-state index contributed by atoms with van der Waals surface area (Å²) in [5.74, 6) is 4.49. The number of carboxylic acid groups (broad SMARTS) is 1. The number of rotatable bonds is 9. The minimum Gasteiger partial charge on any atom is -1.00 e. The molecule has 2 amide bonds. The number of hydrogen-bond acceptors (Lipinski definition) is 10. The number of aliphatic carboxylic acids is 1. The van der Waals surface area contributed by atoms with Gasteiger partial charge in [0, 0.05) is 35.8 Å². The van der Waals surface area contributed by atoms with Gasteiger partial charge in [-0.15, -0.1) is 0 Å². The minimum absolute atomic E-state index is 0. The zero-order chi connectivity index (χ0) is 63.8. The maximum absolute atomic E-state index is 11.3. The average Bonchev–Trinajstić information content (AvgIpc) is 4.24. The van der Waals surface area contributed by atoms with Crippen LogP contribution in [-0.2, 0) is 23.7 Å². The van der Waals surface area contributed by atoms with Crippen molar-refractivity contribution in [3.8, 4) is 0 Å². The average molecular weight is 1780 g/mol. The fraction of sp³-hybridized carbons (Fsp3) is 0.909. The Hall–Kier alpha value is 1.20. The number of carbonyl (C=O) groups is 3. The van der Waals surface area contributed by atoms with Crippen molar-refractivity contribution in [2.45, 2.75) is 323 Å². The summed E-state index contributed by atoms with van der Waals surface area (Å²) in [6, 6.07) is 0. The van der Waals surface area contributed by atoms with E-state index in [2.05, 4.69) is 143 Å². The molecule has 504 valence electrons. The van der Waals surface area contributed by atoms with Gasteiger partial charge in [-0.2, -0.15) is 0 Å². The number of amides is 2. The predicted molar refractivity (Wildman–Crippen MR) is 382 cm³/mol. The number of halogens is 5. The molecule has 0 spiro atoms. The van der Waals surface area contributed by atoms with E-state index in [-0.39, 0.29) is 81.5 Å². The summed E-state index contributed by atoms with van der Waals surface area (Å²) in [5, 5.41) is 14.0. The second kappa shape index (κ2) is 59.0. The standard InChI is InChI=1S/2C11H21NO2.C11H19NO.C7H12O2.C6H10NO.C6H13N.C5H9I.3C3H8.I3.HI.Mg/c2*1-11(2,3)14-10(13)12-8-9-6-4-5-7-9;1-11(2)8-13-10(12-11)7-9-5-3-4-6-9;8-7(9)5-6-3-1-2-4-6;1-5-7-6(2,3)4-8-5;7-5-6-3-1-2-4-6;6-5-3-1-2-4-5;4*1-3-2;;/h2*9H,4-8H2,1-3H3,(H,12,13);9H,3-8H2,1-2H3;6H,1-5H2,(H,8,9);1,4H2,2-3H3;6H,1-5,7H2;5H,1-4H2;3*3H2,1-2H3;;1H;/q;;;;-1;;;;;;-1;;+2/p-1. The van der Waals surface area contributed by atoms with Crippen LogP contribution in [0.2, 0.25) is 0 Å². The van der Waals surface area contributed by atoms with E-state index in [1.54, 1.807) is 0 Å². The zero-order valence-electron chi connectivity index (χ0n) is 57.1. The molecule has 0 atom stereocenters. The Labute approximate surface area is 600 Å². The number of aliphatic imine (C=N–C) groups is 2. The molecule has 5 N–H and O–H groups in total. The van der Waals surface area contributed by atoms with Crippen LogP contribution >= 0.6 is 59.8 Å². The molecule has 0 aromatic rings. The molecule has 0 unspecified atom stereocenters. The number of alkyl carbamates (subject to hydrolysis) is 2. The molecule has 2 heterocycles. The number of nitrogens with two attached hydrogens (primary N) is 1. The Balaban J connectivity index is -0.000000287. The number of ether oxygens (including phenoxy) is 4. The van der Waals surface area contributed by atoms with Crippen molar-refractivity contribution in [3.05, 3.63) is 6.92 Å². The molecule has 0 saturated heterocycles. The van der Waals surface area contributed by atoms with Crippen LogP contribution in [0.3, 0.4) is 0 Å². The van der Waals surface area contributed by atoms with Crippen molar-refractivity contribution >= 4 is 113 Å². The van der Waals surface area contributed by atoms with Gasteiger partial charge in [0.25, 0.3) is 0 Å². The van der Waals surface area contributed by atoms with Crippen LogP contribution in [0.1, 0.15) is 297 Å². The van der Waals surface area contributed by atoms with E-state index in [0.717, 1.165) is 67.2 Å². The van der Waals surface area contributed by atoms with E-state index >= 15 is 0 Å². The number of nitrogens with one attached hydrogen (secondary N) is 2. The van der Waals surface area contributed by atoms with Gasteiger partial charge >= 0.3 is 91.7 Å². The number of nitrogens with zero attached hydrogens (tertiary/aromatic N) is 2. The summed E-state index contributed by atoms with van der Waals surface area (Å²) in [4.78, 5) is 41.4. The number of carboxylic acids is 1. The van der Waals surface area contributed by atoms with Gasteiger partial charge in [0.1, 0.15) is 24.4 Å². The molecule has 6 fully saturated rings. The maximum Gasteiger partial charge on any atom is 2.00 e. The van der Waals surface area contributed by atoms with Crippen molar-refractivity contribution in [1.29, 1.82) is 0 Å². The van der Waals surface area contributed by atoms with Gasteiger partial charge in [-0.3, -0.25) is 9.79 Å². The molecular weight excluding hydrogens is 1650 g/mol. The monoisotopic (exact) mass is 1780 g/mol. The SMILES string of the molecule is CC(C)(C)OC(=O)NCC1CCCC1.CC(C)(C)OC(=O)NCC1CCCC1.CC1(C)COC(CC2CCCC2)=N1.CCC.CCC.CCC.IC1CCCC1.I[I-]I.NCC1CCCC1.O=C(O)CC1CCCC1.[CH2-]C1=NC(C)(C)CO1.[I-].[Mg+2]. The largest absolute Gasteiger partial charge is 2.00 e. The van der Waals surface area contributed by atoms with Crippen LogP contribution in [0.25, 0.3) is 0 Å². The van der Waals surface area contributed by atoms with Gasteiger partial charge in [0.2, 0.25) is 0 Å². The normalized spacial score (nSPS) is 19.3. The number of alkyl halides is 1. The summed E-state index contributed by atoms with van der Waals surface area (Å²) in [6.07, 6.45) is 36.7. The van der Waals surface area contributed by atoms with E-state index < -0.39 is 5.97 Å². The summed E-state index contributed by atoms with van der Waals surface area (Å²) >= 11 is 7.83. The van der Waals surface area contributed by atoms with Crippen LogP contribution in [0, 0.1) is 36.5 Å². The second-order valence-electron chi connectivity index (χ2n) is 26.8. The van der Waals surface area contributed by atoms with Crippen LogP contribution in [0.5, 0.6) is 0 Å². The van der Waals surface area contributed by atoms with Gasteiger partial charge in [-0.25, -0.2) is 14.6 Å². The first-order valence-electron chi connectivity index (χ1n) is 32.6. The fourth-order valence-electron chi connectivity index (χ4n) is 9.99. The van der Waals surface area contributed by atoms with E-state index in [4.69, 9.17) is 29.8 Å². The fourth-order valence-corrected chi connectivity index (χ4v) is 10.9. The maximum atomic E-state index is 11.3. The number of carbonyl (C=O) groups excluding carboxylic acids is 2. The van der Waals surface area contributed by atoms with Gasteiger partial charge in [0.05, 0.1) is 11.1 Å². The molecule has 19 heteroatoms. The van der Waals surface area contributed by atoms with E-state index in [1.807, 2.05) is 55.4 Å². The first kappa shape index (κ1) is 94.9. The van der Waals surface area contributed by atoms with Crippen LogP contribution in [-0.4, -0.2) is 117 Å². The Morgan fingerprint density at radius 1 is 0.588 bits per heavy atom. The summed E-state index contributed by atoms with van der Waals surface area (Å²) in [7, 11) is 0. The van der Waals surface area contributed by atoms with E-state index in [9.17, 15) is 14.4 Å². The molecule has 6 saturated carbocycles. The molecule has 8 rings (SSSR count). The third kappa shape index (κ3) is 65.1. The molecule has 8 aliphatic rings. The molecule has 0 radical (unpaired) electrons. The molecule has 6 aliphatic carbocycles. The van der Waals surface area contributed by atoms with Crippen LogP contribution in [0.4, 0.5) is 9.59 Å². The first-order chi connectivity index (χ1) is 39.0. The number of hydrogen-bond donors (Lipinski definition) is 4. The molecular formula is C66H129I5MgN5O8-. The van der Waals surface area contributed by atoms with E-state index in [1.165, 1.54) is 161 Å². The molecule has 2 aliphatic heterocycles. The molecule has 0 bridgehead atoms. The van der Waals surface area contributed by atoms with Crippen molar-refractivity contribution in [1.82, 2.24) is 10.6 Å². The third-order valence-electron chi connectivity index (χ3n) is 13.8. The molecule has 85 heavy (non-hydrogen) atoms. The Morgan fingerprint density at radius 2 is 0.882 bits per heavy atom.